The normalized spacial score (nSPS) is 10.7. The van der Waals surface area contributed by atoms with Gasteiger partial charge in [-0.3, -0.25) is 0 Å². The highest BCUT2D eigenvalue weighted by atomic mass is 15.1. The van der Waals surface area contributed by atoms with Crippen LogP contribution in [0.25, 0.3) is 0 Å². The van der Waals surface area contributed by atoms with Gasteiger partial charge in [0, 0.05) is 6.42 Å². The molecule has 0 saturated heterocycles. The topological polar surface area (TPSA) is 19.7 Å². The molecule has 1 heterocycles. The van der Waals surface area contributed by atoms with E-state index >= 15 is 0 Å². The van der Waals surface area contributed by atoms with E-state index in [1.807, 2.05) is 0 Å². The van der Waals surface area contributed by atoms with Crippen molar-refractivity contribution in [3.8, 4) is 0 Å². The van der Waals surface area contributed by atoms with Crippen LogP contribution in [0.1, 0.15) is 51.8 Å². The van der Waals surface area contributed by atoms with E-state index < -0.39 is 0 Å². The number of imidazole rings is 1. The second kappa shape index (κ2) is 6.63. The van der Waals surface area contributed by atoms with Gasteiger partial charge in [0.25, 0.3) is 5.82 Å². The van der Waals surface area contributed by atoms with Crippen molar-refractivity contribution in [2.45, 2.75) is 58.9 Å². The maximum atomic E-state index is 3.33. The summed E-state index contributed by atoms with van der Waals surface area (Å²) < 4.78 is 2.37. The van der Waals surface area contributed by atoms with Gasteiger partial charge in [0.1, 0.15) is 12.4 Å². The monoisotopic (exact) mass is 195 g/mol. The van der Waals surface area contributed by atoms with E-state index in [1.54, 1.807) is 0 Å². The number of hydrogen-bond donors (Lipinski definition) is 1. The SMILES string of the molecule is CCCCC[n+]1cc[nH]c1CCCC. The first kappa shape index (κ1) is 11.3. The third-order valence-corrected chi connectivity index (χ3v) is 2.62. The molecular formula is C12H23N2+. The van der Waals surface area contributed by atoms with Gasteiger partial charge >= 0.3 is 0 Å². The molecule has 0 atom stereocenters. The first-order valence-electron chi connectivity index (χ1n) is 5.94. The molecule has 1 rings (SSSR count). The predicted molar refractivity (Wildman–Crippen MR) is 59.1 cm³/mol. The molecule has 2 heteroatoms. The molecule has 0 saturated carbocycles. The molecule has 0 aliphatic carbocycles. The summed E-state index contributed by atoms with van der Waals surface area (Å²) in [6.45, 7) is 5.67. The van der Waals surface area contributed by atoms with Crippen LogP contribution in [0, 0.1) is 0 Å². The minimum atomic E-state index is 1.18. The third kappa shape index (κ3) is 3.52. The van der Waals surface area contributed by atoms with Gasteiger partial charge < -0.3 is 0 Å². The summed E-state index contributed by atoms with van der Waals surface area (Å²) in [4.78, 5) is 3.33. The Hall–Kier alpha value is -0.790. The standard InChI is InChI=1S/C12H22N2/c1-3-5-7-10-14-11-9-13-12(14)8-6-4-2/h9,11H,3-8,10H2,1-2H3/p+1. The molecule has 0 unspecified atom stereocenters. The Morgan fingerprint density at radius 3 is 2.64 bits per heavy atom. The minimum absolute atomic E-state index is 1.18. The molecule has 0 spiro atoms. The quantitative estimate of drug-likeness (QED) is 0.510. The van der Waals surface area contributed by atoms with E-state index in [0.717, 1.165) is 0 Å². The van der Waals surface area contributed by atoms with Gasteiger partial charge in [0.05, 0.1) is 6.54 Å². The summed E-state index contributed by atoms with van der Waals surface area (Å²) in [5.41, 5.74) is 0. The van der Waals surface area contributed by atoms with Crippen molar-refractivity contribution >= 4 is 0 Å². The highest BCUT2D eigenvalue weighted by molar-refractivity contribution is 4.77. The van der Waals surface area contributed by atoms with Crippen LogP contribution in [0.3, 0.4) is 0 Å². The zero-order chi connectivity index (χ0) is 10.2. The van der Waals surface area contributed by atoms with Crippen LogP contribution < -0.4 is 4.57 Å². The average molecular weight is 195 g/mol. The van der Waals surface area contributed by atoms with Gasteiger partial charge in [-0.15, -0.1) is 0 Å². The summed E-state index contributed by atoms with van der Waals surface area (Å²) >= 11 is 0. The lowest BCUT2D eigenvalue weighted by Crippen LogP contribution is -2.36. The van der Waals surface area contributed by atoms with Crippen LogP contribution >= 0.6 is 0 Å². The zero-order valence-corrected chi connectivity index (χ0v) is 9.55. The molecule has 0 aliphatic rings. The zero-order valence-electron chi connectivity index (χ0n) is 9.55. The van der Waals surface area contributed by atoms with Gasteiger partial charge in [0.2, 0.25) is 0 Å². The number of nitrogens with one attached hydrogen (secondary N) is 1. The van der Waals surface area contributed by atoms with E-state index in [0.29, 0.717) is 0 Å². The van der Waals surface area contributed by atoms with E-state index in [4.69, 9.17) is 0 Å². The van der Waals surface area contributed by atoms with Crippen molar-refractivity contribution in [1.82, 2.24) is 4.98 Å². The first-order valence-corrected chi connectivity index (χ1v) is 5.94. The van der Waals surface area contributed by atoms with Crippen LogP contribution in [0.15, 0.2) is 12.4 Å². The molecule has 0 aromatic carbocycles. The number of rotatable bonds is 7. The van der Waals surface area contributed by atoms with E-state index in [1.165, 1.54) is 50.9 Å². The summed E-state index contributed by atoms with van der Waals surface area (Å²) in [5, 5.41) is 0. The highest BCUT2D eigenvalue weighted by Gasteiger charge is 2.08. The van der Waals surface area contributed by atoms with Crippen molar-refractivity contribution in [3.05, 3.63) is 18.2 Å². The Morgan fingerprint density at radius 2 is 1.93 bits per heavy atom. The Balaban J connectivity index is 2.37. The maximum absolute atomic E-state index is 3.33. The largest absolute Gasteiger partial charge is 0.254 e. The molecule has 1 aromatic rings. The fourth-order valence-electron chi connectivity index (χ4n) is 1.70. The Kier molecular flexibility index (Phi) is 5.35. The summed E-state index contributed by atoms with van der Waals surface area (Å²) in [6, 6.07) is 0. The fraction of sp³-hybridized carbons (Fsp3) is 0.750. The molecule has 1 aromatic heterocycles. The Morgan fingerprint density at radius 1 is 1.14 bits per heavy atom. The van der Waals surface area contributed by atoms with Crippen molar-refractivity contribution < 1.29 is 4.57 Å². The summed E-state index contributed by atoms with van der Waals surface area (Å²) in [7, 11) is 0. The Labute approximate surface area is 87.4 Å². The number of H-pyrrole nitrogens is 1. The average Bonchev–Trinajstić information content (AvgIpc) is 2.63. The highest BCUT2D eigenvalue weighted by Crippen LogP contribution is 1.99. The molecule has 0 radical (unpaired) electrons. The summed E-state index contributed by atoms with van der Waals surface area (Å²) in [5.74, 6) is 1.39. The molecule has 0 bridgehead atoms. The van der Waals surface area contributed by atoms with Crippen molar-refractivity contribution in [2.75, 3.05) is 0 Å². The maximum Gasteiger partial charge on any atom is 0.254 e. The van der Waals surface area contributed by atoms with E-state index in [9.17, 15) is 0 Å². The predicted octanol–water partition coefficient (Wildman–Crippen LogP) is 2.84. The van der Waals surface area contributed by atoms with Crippen LogP contribution in [-0.4, -0.2) is 4.98 Å². The van der Waals surface area contributed by atoms with Gasteiger partial charge in [0.15, 0.2) is 0 Å². The van der Waals surface area contributed by atoms with Crippen molar-refractivity contribution in [2.24, 2.45) is 0 Å². The van der Waals surface area contributed by atoms with Gasteiger partial charge in [-0.1, -0.05) is 26.7 Å². The van der Waals surface area contributed by atoms with Crippen LogP contribution in [0.2, 0.25) is 0 Å². The minimum Gasteiger partial charge on any atom is -0.248 e. The van der Waals surface area contributed by atoms with Crippen molar-refractivity contribution in [3.63, 3.8) is 0 Å². The second-order valence-electron chi connectivity index (χ2n) is 3.91. The number of nitrogens with zero attached hydrogens (tertiary/aromatic N) is 1. The van der Waals surface area contributed by atoms with E-state index in [-0.39, 0.29) is 0 Å². The number of unbranched alkanes of at least 4 members (excludes halogenated alkanes) is 3. The van der Waals surface area contributed by atoms with Gasteiger partial charge in [-0.25, -0.2) is 9.55 Å². The number of aromatic amines is 1. The molecule has 0 amide bonds. The smallest absolute Gasteiger partial charge is 0.248 e. The van der Waals surface area contributed by atoms with Gasteiger partial charge in [-0.2, -0.15) is 0 Å². The number of hydrogen-bond acceptors (Lipinski definition) is 0. The third-order valence-electron chi connectivity index (χ3n) is 2.62. The number of aromatic nitrogens is 2. The first-order chi connectivity index (χ1) is 6.88. The molecule has 2 nitrogen and oxygen atoms in total. The second-order valence-corrected chi connectivity index (χ2v) is 3.91. The molecule has 80 valence electrons. The lowest BCUT2D eigenvalue weighted by atomic mass is 10.2. The molecule has 1 N–H and O–H groups in total. The fourth-order valence-corrected chi connectivity index (χ4v) is 1.70. The van der Waals surface area contributed by atoms with Crippen LogP contribution in [0.5, 0.6) is 0 Å². The molecule has 0 aliphatic heterocycles. The van der Waals surface area contributed by atoms with Gasteiger partial charge in [-0.05, 0) is 19.3 Å². The summed E-state index contributed by atoms with van der Waals surface area (Å²) in [6.07, 6.45) is 11.9. The molecule has 0 fully saturated rings. The van der Waals surface area contributed by atoms with Crippen LogP contribution in [-0.2, 0) is 13.0 Å². The van der Waals surface area contributed by atoms with Crippen LogP contribution in [0.4, 0.5) is 0 Å². The van der Waals surface area contributed by atoms with E-state index in [2.05, 4.69) is 35.8 Å². The van der Waals surface area contributed by atoms with Crippen molar-refractivity contribution in [1.29, 1.82) is 0 Å². The lowest BCUT2D eigenvalue weighted by Gasteiger charge is -1.99. The lowest BCUT2D eigenvalue weighted by molar-refractivity contribution is -0.703. The molecule has 14 heavy (non-hydrogen) atoms. The molecular weight excluding hydrogens is 172 g/mol. The number of aryl methyl sites for hydroxylation is 2. The Bertz CT molecular complexity index is 240.